The maximum atomic E-state index is 5.84. The molecule has 0 aliphatic heterocycles. The van der Waals surface area contributed by atoms with Crippen LogP contribution in [0.2, 0.25) is 0 Å². The summed E-state index contributed by atoms with van der Waals surface area (Å²) in [6.07, 6.45) is 4.53. The molecule has 0 spiro atoms. The number of hydrogen-bond donors (Lipinski definition) is 0. The molecule has 4 nitrogen and oxygen atoms in total. The summed E-state index contributed by atoms with van der Waals surface area (Å²) < 4.78 is 16.2. The van der Waals surface area contributed by atoms with Crippen molar-refractivity contribution < 1.29 is 9.47 Å². The Labute approximate surface area is 185 Å². The molecule has 0 amide bonds. The topological polar surface area (TPSA) is 28.3 Å². The van der Waals surface area contributed by atoms with Gasteiger partial charge in [0.15, 0.2) is 0 Å². The first kappa shape index (κ1) is 21.7. The maximum absolute atomic E-state index is 5.84. The van der Waals surface area contributed by atoms with E-state index in [1.807, 2.05) is 0 Å². The fourth-order valence-electron chi connectivity index (χ4n) is 4.59. The molecular weight excluding hydrogens is 384 g/mol. The van der Waals surface area contributed by atoms with Crippen molar-refractivity contribution in [3.05, 3.63) is 72.1 Å². The number of hydrogen-bond acceptors (Lipinski definition) is 2. The molecule has 4 rings (SSSR count). The van der Waals surface area contributed by atoms with Crippen LogP contribution in [0, 0.1) is 0 Å². The minimum atomic E-state index is -0.444. The molecule has 2 aromatic carbocycles. The van der Waals surface area contributed by atoms with Crippen LogP contribution in [0.5, 0.6) is 0 Å². The average molecular weight is 419 g/mol. The highest BCUT2D eigenvalue weighted by atomic mass is 16.5. The van der Waals surface area contributed by atoms with Gasteiger partial charge in [0.2, 0.25) is 0 Å². The highest BCUT2D eigenvalue weighted by Gasteiger charge is 2.34. The Morgan fingerprint density at radius 1 is 0.581 bits per heavy atom. The fraction of sp³-hybridized carbons (Fsp3) is 0.407. The van der Waals surface area contributed by atoms with Gasteiger partial charge in [0.1, 0.15) is 11.4 Å². The normalized spacial score (nSPS) is 13.4. The van der Waals surface area contributed by atoms with Gasteiger partial charge in [0.25, 0.3) is 0 Å². The predicted octanol–water partition coefficient (Wildman–Crippen LogP) is 6.60. The quantitative estimate of drug-likeness (QED) is 0.353. The van der Waals surface area contributed by atoms with Crippen molar-refractivity contribution in [2.45, 2.75) is 58.4 Å². The first-order valence-corrected chi connectivity index (χ1v) is 10.9. The third-order valence-corrected chi connectivity index (χ3v) is 6.93. The molecule has 2 heterocycles. The Balaban J connectivity index is 2.01. The van der Waals surface area contributed by atoms with Gasteiger partial charge in [0.05, 0.1) is 11.0 Å². The molecule has 0 bridgehead atoms. The standard InChI is InChI=1S/C27H34N2O2/c1-25(2,21-17-28(26(3,4)30-7)23-15-11-9-13-19(21)23)22-18-29(27(5,6)31-8)24-16-12-10-14-20(22)24/h9-18H,1-8H3. The van der Waals surface area contributed by atoms with E-state index in [1.165, 1.54) is 32.9 Å². The predicted molar refractivity (Wildman–Crippen MR) is 129 cm³/mol. The van der Waals surface area contributed by atoms with Crippen molar-refractivity contribution in [1.82, 2.24) is 9.13 Å². The molecule has 0 saturated carbocycles. The largest absolute Gasteiger partial charge is 0.359 e. The van der Waals surface area contributed by atoms with Gasteiger partial charge in [-0.2, -0.15) is 0 Å². The van der Waals surface area contributed by atoms with E-state index in [2.05, 4.69) is 112 Å². The number of benzene rings is 2. The summed E-state index contributed by atoms with van der Waals surface area (Å²) in [4.78, 5) is 0. The summed E-state index contributed by atoms with van der Waals surface area (Å²) in [7, 11) is 3.53. The van der Waals surface area contributed by atoms with Gasteiger partial charge in [0, 0.05) is 42.8 Å². The minimum absolute atomic E-state index is 0.233. The SMILES string of the molecule is COC(C)(C)n1cc(C(C)(C)c2cn(C(C)(C)OC)c3ccccc23)c2ccccc21. The summed E-state index contributed by atoms with van der Waals surface area (Å²) in [6, 6.07) is 17.2. The number of fused-ring (bicyclic) bond motifs is 2. The lowest BCUT2D eigenvalue weighted by atomic mass is 9.78. The van der Waals surface area contributed by atoms with Crippen LogP contribution in [-0.4, -0.2) is 23.4 Å². The van der Waals surface area contributed by atoms with E-state index in [-0.39, 0.29) is 5.41 Å². The Morgan fingerprint density at radius 3 is 1.29 bits per heavy atom. The van der Waals surface area contributed by atoms with E-state index < -0.39 is 11.4 Å². The average Bonchev–Trinajstić information content (AvgIpc) is 3.34. The van der Waals surface area contributed by atoms with Crippen LogP contribution in [0.4, 0.5) is 0 Å². The third-order valence-electron chi connectivity index (χ3n) is 6.93. The lowest BCUT2D eigenvalue weighted by Crippen LogP contribution is -2.28. The molecule has 164 valence electrons. The molecule has 0 atom stereocenters. The molecule has 0 N–H and O–H groups in total. The molecule has 0 aliphatic rings. The van der Waals surface area contributed by atoms with Crippen LogP contribution in [0.15, 0.2) is 60.9 Å². The molecular formula is C27H34N2O2. The number of nitrogens with zero attached hydrogens (tertiary/aromatic N) is 2. The highest BCUT2D eigenvalue weighted by Crippen LogP contribution is 2.43. The lowest BCUT2D eigenvalue weighted by molar-refractivity contribution is -0.0416. The van der Waals surface area contributed by atoms with Crippen LogP contribution in [0.3, 0.4) is 0 Å². The molecule has 0 unspecified atom stereocenters. The van der Waals surface area contributed by atoms with Crippen LogP contribution < -0.4 is 0 Å². The summed E-state index contributed by atoms with van der Waals surface area (Å²) in [5.41, 5.74) is 3.80. The van der Waals surface area contributed by atoms with Gasteiger partial charge in [-0.25, -0.2) is 0 Å². The van der Waals surface area contributed by atoms with Crippen molar-refractivity contribution in [2.75, 3.05) is 14.2 Å². The molecule has 0 saturated heterocycles. The second-order valence-corrected chi connectivity index (χ2v) is 9.79. The zero-order chi connectivity index (χ0) is 22.6. The van der Waals surface area contributed by atoms with Crippen molar-refractivity contribution in [3.8, 4) is 0 Å². The van der Waals surface area contributed by atoms with E-state index >= 15 is 0 Å². The molecule has 0 aliphatic carbocycles. The summed E-state index contributed by atoms with van der Waals surface area (Å²) >= 11 is 0. The highest BCUT2D eigenvalue weighted by molar-refractivity contribution is 5.90. The van der Waals surface area contributed by atoms with Crippen LogP contribution in [-0.2, 0) is 26.3 Å². The van der Waals surface area contributed by atoms with Crippen molar-refractivity contribution in [2.24, 2.45) is 0 Å². The van der Waals surface area contributed by atoms with E-state index in [0.717, 1.165) is 0 Å². The van der Waals surface area contributed by atoms with E-state index in [0.29, 0.717) is 0 Å². The van der Waals surface area contributed by atoms with Gasteiger partial charge >= 0.3 is 0 Å². The summed E-state index contributed by atoms with van der Waals surface area (Å²) in [5, 5.41) is 2.50. The molecule has 4 heteroatoms. The molecule has 2 aromatic heterocycles. The first-order valence-electron chi connectivity index (χ1n) is 10.9. The van der Waals surface area contributed by atoms with Crippen LogP contribution in [0.25, 0.3) is 21.8 Å². The zero-order valence-corrected chi connectivity index (χ0v) is 20.0. The minimum Gasteiger partial charge on any atom is -0.359 e. The van der Waals surface area contributed by atoms with E-state index in [9.17, 15) is 0 Å². The van der Waals surface area contributed by atoms with Crippen molar-refractivity contribution >= 4 is 21.8 Å². The van der Waals surface area contributed by atoms with Gasteiger partial charge in [-0.1, -0.05) is 50.2 Å². The van der Waals surface area contributed by atoms with Crippen LogP contribution in [0.1, 0.15) is 52.7 Å². The fourth-order valence-corrected chi connectivity index (χ4v) is 4.59. The second-order valence-electron chi connectivity index (χ2n) is 9.79. The first-order chi connectivity index (χ1) is 14.5. The van der Waals surface area contributed by atoms with E-state index in [4.69, 9.17) is 9.47 Å². The smallest absolute Gasteiger partial charge is 0.138 e. The molecule has 0 radical (unpaired) electrons. The van der Waals surface area contributed by atoms with Gasteiger partial charge < -0.3 is 18.6 Å². The van der Waals surface area contributed by atoms with Gasteiger partial charge in [-0.3, -0.25) is 0 Å². The number of para-hydroxylation sites is 2. The van der Waals surface area contributed by atoms with Crippen LogP contribution >= 0.6 is 0 Å². The third kappa shape index (κ3) is 3.29. The van der Waals surface area contributed by atoms with Crippen molar-refractivity contribution in [3.63, 3.8) is 0 Å². The Bertz CT molecular complexity index is 1140. The Hall–Kier alpha value is -2.56. The maximum Gasteiger partial charge on any atom is 0.138 e. The number of rotatable bonds is 6. The zero-order valence-electron chi connectivity index (χ0n) is 20.0. The number of aromatic nitrogens is 2. The summed E-state index contributed by atoms with van der Waals surface area (Å²) in [6.45, 7) is 13.0. The Kier molecular flexibility index (Phi) is 5.07. The second kappa shape index (κ2) is 7.25. The molecule has 31 heavy (non-hydrogen) atoms. The molecule has 4 aromatic rings. The summed E-state index contributed by atoms with van der Waals surface area (Å²) in [5.74, 6) is 0. The van der Waals surface area contributed by atoms with Crippen molar-refractivity contribution in [1.29, 1.82) is 0 Å². The van der Waals surface area contributed by atoms with E-state index in [1.54, 1.807) is 14.2 Å². The number of ether oxygens (including phenoxy) is 2. The lowest BCUT2D eigenvalue weighted by Gasteiger charge is -2.28. The van der Waals surface area contributed by atoms with Gasteiger partial charge in [-0.15, -0.1) is 0 Å². The monoisotopic (exact) mass is 418 g/mol. The molecule has 0 fully saturated rings. The van der Waals surface area contributed by atoms with Gasteiger partial charge in [-0.05, 0) is 51.0 Å². The number of methoxy groups -OCH3 is 2. The Morgan fingerprint density at radius 2 is 0.935 bits per heavy atom.